The molecule has 0 spiro atoms. The van der Waals surface area contributed by atoms with Gasteiger partial charge in [-0.15, -0.1) is 0 Å². The standard InChI is InChI=1S/C13H13Cl2NO2/c1-16-13(11-5-6-12(15)18-11)9-4-3-8(17-2)7-10(9)14/h3-7,13,16H,1-2H3. The number of hydrogen-bond acceptors (Lipinski definition) is 3. The van der Waals surface area contributed by atoms with Gasteiger partial charge in [0.05, 0.1) is 13.2 Å². The van der Waals surface area contributed by atoms with E-state index in [-0.39, 0.29) is 6.04 Å². The average Bonchev–Trinajstić information content (AvgIpc) is 2.78. The molecule has 1 unspecified atom stereocenters. The number of nitrogens with one attached hydrogen (secondary N) is 1. The van der Waals surface area contributed by atoms with Gasteiger partial charge in [0, 0.05) is 5.02 Å². The normalized spacial score (nSPS) is 12.4. The Morgan fingerprint density at radius 3 is 2.50 bits per heavy atom. The summed E-state index contributed by atoms with van der Waals surface area (Å²) < 4.78 is 10.5. The predicted molar refractivity (Wildman–Crippen MR) is 72.6 cm³/mol. The Bertz CT molecular complexity index is 540. The maximum absolute atomic E-state index is 6.24. The lowest BCUT2D eigenvalue weighted by molar-refractivity contribution is 0.414. The van der Waals surface area contributed by atoms with E-state index in [9.17, 15) is 0 Å². The maximum atomic E-state index is 6.24. The molecule has 0 bridgehead atoms. The molecule has 0 aliphatic carbocycles. The van der Waals surface area contributed by atoms with Crippen LogP contribution in [0.25, 0.3) is 0 Å². The van der Waals surface area contributed by atoms with Crippen molar-refractivity contribution in [3.8, 4) is 5.75 Å². The number of rotatable bonds is 4. The van der Waals surface area contributed by atoms with Crippen molar-refractivity contribution in [2.24, 2.45) is 0 Å². The topological polar surface area (TPSA) is 34.4 Å². The molecule has 1 atom stereocenters. The van der Waals surface area contributed by atoms with Crippen LogP contribution >= 0.6 is 23.2 Å². The van der Waals surface area contributed by atoms with Crippen molar-refractivity contribution in [2.75, 3.05) is 14.2 Å². The molecule has 96 valence electrons. The highest BCUT2D eigenvalue weighted by atomic mass is 35.5. The van der Waals surface area contributed by atoms with Gasteiger partial charge in [-0.2, -0.15) is 0 Å². The lowest BCUT2D eigenvalue weighted by Gasteiger charge is -2.16. The summed E-state index contributed by atoms with van der Waals surface area (Å²) in [6, 6.07) is 8.92. The number of halogens is 2. The maximum Gasteiger partial charge on any atom is 0.193 e. The van der Waals surface area contributed by atoms with E-state index in [0.29, 0.717) is 10.2 Å². The first-order chi connectivity index (χ1) is 8.65. The highest BCUT2D eigenvalue weighted by molar-refractivity contribution is 6.31. The fraction of sp³-hybridized carbons (Fsp3) is 0.231. The van der Waals surface area contributed by atoms with Crippen LogP contribution < -0.4 is 10.1 Å². The van der Waals surface area contributed by atoms with Gasteiger partial charge in [0.1, 0.15) is 11.5 Å². The quantitative estimate of drug-likeness (QED) is 0.925. The number of furan rings is 1. The Morgan fingerprint density at radius 1 is 1.22 bits per heavy atom. The van der Waals surface area contributed by atoms with Crippen molar-refractivity contribution < 1.29 is 9.15 Å². The van der Waals surface area contributed by atoms with Crippen LogP contribution in [0.5, 0.6) is 5.75 Å². The van der Waals surface area contributed by atoms with Crippen LogP contribution in [0.4, 0.5) is 0 Å². The summed E-state index contributed by atoms with van der Waals surface area (Å²) in [5.74, 6) is 1.44. The molecular formula is C13H13Cl2NO2. The molecule has 2 rings (SSSR count). The fourth-order valence-corrected chi connectivity index (χ4v) is 2.24. The van der Waals surface area contributed by atoms with Crippen LogP contribution in [0, 0.1) is 0 Å². The first-order valence-corrected chi connectivity index (χ1v) is 6.17. The third kappa shape index (κ3) is 2.64. The summed E-state index contributed by atoms with van der Waals surface area (Å²) in [5.41, 5.74) is 0.908. The van der Waals surface area contributed by atoms with Crippen LogP contribution in [0.1, 0.15) is 17.4 Å². The van der Waals surface area contributed by atoms with Crippen molar-refractivity contribution in [3.63, 3.8) is 0 Å². The lowest BCUT2D eigenvalue weighted by atomic mass is 10.0. The van der Waals surface area contributed by atoms with E-state index in [1.807, 2.05) is 25.2 Å². The van der Waals surface area contributed by atoms with Gasteiger partial charge in [0.15, 0.2) is 5.22 Å². The minimum absolute atomic E-state index is 0.143. The summed E-state index contributed by atoms with van der Waals surface area (Å²) in [6.07, 6.45) is 0. The van der Waals surface area contributed by atoms with E-state index in [1.54, 1.807) is 19.2 Å². The zero-order chi connectivity index (χ0) is 13.1. The van der Waals surface area contributed by atoms with E-state index >= 15 is 0 Å². The second-order valence-corrected chi connectivity index (χ2v) is 4.53. The summed E-state index contributed by atoms with van der Waals surface area (Å²) in [7, 11) is 3.44. The zero-order valence-electron chi connectivity index (χ0n) is 10.0. The Morgan fingerprint density at radius 2 is 2.00 bits per heavy atom. The third-order valence-corrected chi connectivity index (χ3v) is 3.22. The molecule has 0 amide bonds. The van der Waals surface area contributed by atoms with Crippen LogP contribution in [0.2, 0.25) is 10.2 Å². The van der Waals surface area contributed by atoms with Gasteiger partial charge in [-0.3, -0.25) is 0 Å². The van der Waals surface area contributed by atoms with Crippen molar-refractivity contribution in [2.45, 2.75) is 6.04 Å². The van der Waals surface area contributed by atoms with Crippen LogP contribution in [-0.4, -0.2) is 14.2 Å². The molecule has 0 fully saturated rings. The van der Waals surface area contributed by atoms with Gasteiger partial charge in [-0.1, -0.05) is 17.7 Å². The summed E-state index contributed by atoms with van der Waals surface area (Å²) in [4.78, 5) is 0. The molecule has 1 aromatic heterocycles. The molecule has 0 aliphatic heterocycles. The molecule has 3 nitrogen and oxygen atoms in total. The van der Waals surface area contributed by atoms with Crippen molar-refractivity contribution in [1.82, 2.24) is 5.32 Å². The second kappa shape index (κ2) is 5.65. The van der Waals surface area contributed by atoms with E-state index in [2.05, 4.69) is 5.32 Å². The van der Waals surface area contributed by atoms with Crippen LogP contribution in [0.3, 0.4) is 0 Å². The first-order valence-electron chi connectivity index (χ1n) is 5.41. The molecule has 0 saturated carbocycles. The molecule has 18 heavy (non-hydrogen) atoms. The highest BCUT2D eigenvalue weighted by Crippen LogP contribution is 2.32. The Balaban J connectivity index is 2.39. The SMILES string of the molecule is CNC(c1ccc(Cl)o1)c1ccc(OC)cc1Cl. The highest BCUT2D eigenvalue weighted by Gasteiger charge is 2.19. The Labute approximate surface area is 116 Å². The molecule has 1 heterocycles. The van der Waals surface area contributed by atoms with E-state index in [0.717, 1.165) is 17.1 Å². The Kier molecular flexibility index (Phi) is 4.17. The Hall–Kier alpha value is -1.16. The number of benzene rings is 1. The van der Waals surface area contributed by atoms with E-state index in [4.69, 9.17) is 32.4 Å². The van der Waals surface area contributed by atoms with E-state index < -0.39 is 0 Å². The molecule has 0 aliphatic rings. The molecule has 2 aromatic rings. The monoisotopic (exact) mass is 285 g/mol. The summed E-state index contributed by atoms with van der Waals surface area (Å²) >= 11 is 12.0. The van der Waals surface area contributed by atoms with Gasteiger partial charge in [0.2, 0.25) is 0 Å². The number of methoxy groups -OCH3 is 1. The zero-order valence-corrected chi connectivity index (χ0v) is 11.5. The minimum atomic E-state index is -0.143. The lowest BCUT2D eigenvalue weighted by Crippen LogP contribution is -2.17. The number of hydrogen-bond donors (Lipinski definition) is 1. The van der Waals surface area contributed by atoms with Crippen LogP contribution in [-0.2, 0) is 0 Å². The number of ether oxygens (including phenoxy) is 1. The summed E-state index contributed by atoms with van der Waals surface area (Å²) in [6.45, 7) is 0. The van der Waals surface area contributed by atoms with Gasteiger partial charge >= 0.3 is 0 Å². The molecule has 0 radical (unpaired) electrons. The van der Waals surface area contributed by atoms with E-state index in [1.165, 1.54) is 0 Å². The molecule has 0 saturated heterocycles. The molecule has 1 N–H and O–H groups in total. The van der Waals surface area contributed by atoms with Crippen molar-refractivity contribution in [1.29, 1.82) is 0 Å². The molecule has 5 heteroatoms. The third-order valence-electron chi connectivity index (χ3n) is 2.69. The fourth-order valence-electron chi connectivity index (χ4n) is 1.80. The molecular weight excluding hydrogens is 273 g/mol. The minimum Gasteiger partial charge on any atom is -0.497 e. The predicted octanol–water partition coefficient (Wildman–Crippen LogP) is 3.90. The van der Waals surface area contributed by atoms with Gasteiger partial charge in [-0.25, -0.2) is 0 Å². The van der Waals surface area contributed by atoms with Gasteiger partial charge in [0.25, 0.3) is 0 Å². The first kappa shape index (κ1) is 13.3. The molecule has 1 aromatic carbocycles. The van der Waals surface area contributed by atoms with Gasteiger partial charge in [-0.05, 0) is 48.5 Å². The smallest absolute Gasteiger partial charge is 0.193 e. The second-order valence-electron chi connectivity index (χ2n) is 3.75. The van der Waals surface area contributed by atoms with Crippen LogP contribution in [0.15, 0.2) is 34.7 Å². The largest absolute Gasteiger partial charge is 0.497 e. The summed E-state index contributed by atoms with van der Waals surface area (Å²) in [5, 5.41) is 4.12. The van der Waals surface area contributed by atoms with Crippen molar-refractivity contribution >= 4 is 23.2 Å². The van der Waals surface area contributed by atoms with Gasteiger partial charge < -0.3 is 14.5 Å². The average molecular weight is 286 g/mol. The van der Waals surface area contributed by atoms with Crippen molar-refractivity contribution in [3.05, 3.63) is 51.9 Å².